The molecular formula is C42H52N6O6S. The summed E-state index contributed by atoms with van der Waals surface area (Å²) in [7, 11) is -4.07. The maximum absolute atomic E-state index is 14.4. The number of amides is 3. The summed E-state index contributed by atoms with van der Waals surface area (Å²) in [6.07, 6.45) is 2.51. The van der Waals surface area contributed by atoms with Crippen molar-refractivity contribution in [3.63, 3.8) is 0 Å². The van der Waals surface area contributed by atoms with Crippen LogP contribution in [0.1, 0.15) is 50.8 Å². The molecule has 55 heavy (non-hydrogen) atoms. The molecule has 0 spiro atoms. The Morgan fingerprint density at radius 2 is 1.65 bits per heavy atom. The number of nitrogens with zero attached hydrogens (tertiary/aromatic N) is 5. The van der Waals surface area contributed by atoms with Gasteiger partial charge in [-0.25, -0.2) is 13.2 Å². The van der Waals surface area contributed by atoms with Crippen molar-refractivity contribution in [1.29, 1.82) is 0 Å². The number of sulfonamides is 1. The number of aliphatic hydroxyl groups excluding tert-OH is 1. The molecule has 0 radical (unpaired) electrons. The Kier molecular flexibility index (Phi) is 14.2. The second-order valence-electron chi connectivity index (χ2n) is 14.5. The Hall–Kier alpha value is -5.11. The molecule has 292 valence electrons. The highest BCUT2D eigenvalue weighted by atomic mass is 32.2. The maximum atomic E-state index is 14.4. The first-order valence-corrected chi connectivity index (χ1v) is 20.2. The molecule has 0 aliphatic carbocycles. The van der Waals surface area contributed by atoms with Crippen molar-refractivity contribution in [1.82, 2.24) is 24.4 Å². The minimum Gasteiger partial charge on any atom is -0.411 e. The van der Waals surface area contributed by atoms with Gasteiger partial charge in [0.05, 0.1) is 28.9 Å². The number of benzene rings is 3. The molecule has 3 N–H and O–H groups in total. The molecule has 3 aromatic carbocycles. The van der Waals surface area contributed by atoms with E-state index in [2.05, 4.69) is 15.5 Å². The first-order chi connectivity index (χ1) is 26.4. The van der Waals surface area contributed by atoms with E-state index in [1.807, 2.05) is 100 Å². The van der Waals surface area contributed by atoms with Crippen molar-refractivity contribution in [3.8, 4) is 11.3 Å². The van der Waals surface area contributed by atoms with E-state index in [9.17, 15) is 23.1 Å². The lowest BCUT2D eigenvalue weighted by molar-refractivity contribution is -0.128. The van der Waals surface area contributed by atoms with E-state index in [0.29, 0.717) is 31.6 Å². The highest BCUT2D eigenvalue weighted by Gasteiger charge is 2.41. The molecule has 13 heteroatoms. The van der Waals surface area contributed by atoms with Crippen LogP contribution in [0.4, 0.5) is 4.79 Å². The largest absolute Gasteiger partial charge is 0.411 e. The van der Waals surface area contributed by atoms with Crippen LogP contribution < -0.4 is 5.32 Å². The van der Waals surface area contributed by atoms with Crippen molar-refractivity contribution in [2.45, 2.75) is 70.2 Å². The number of hydrogen-bond donors (Lipinski definition) is 3. The zero-order valence-corrected chi connectivity index (χ0v) is 32.7. The third kappa shape index (κ3) is 10.6. The zero-order chi connectivity index (χ0) is 39.5. The quantitative estimate of drug-likeness (QED) is 0.0672. The van der Waals surface area contributed by atoms with Crippen LogP contribution in [0.25, 0.3) is 11.3 Å². The van der Waals surface area contributed by atoms with E-state index in [1.165, 1.54) is 34.8 Å². The van der Waals surface area contributed by atoms with E-state index in [4.69, 9.17) is 5.21 Å². The fourth-order valence-corrected chi connectivity index (χ4v) is 8.52. The van der Waals surface area contributed by atoms with Gasteiger partial charge in [0.1, 0.15) is 6.04 Å². The van der Waals surface area contributed by atoms with Gasteiger partial charge in [-0.1, -0.05) is 106 Å². The Morgan fingerprint density at radius 1 is 0.945 bits per heavy atom. The van der Waals surface area contributed by atoms with Gasteiger partial charge in [-0.3, -0.25) is 9.78 Å². The van der Waals surface area contributed by atoms with Gasteiger partial charge in [-0.2, -0.15) is 4.31 Å². The van der Waals surface area contributed by atoms with Crippen molar-refractivity contribution in [2.24, 2.45) is 17.0 Å². The fourth-order valence-electron chi connectivity index (χ4n) is 6.89. The predicted molar refractivity (Wildman–Crippen MR) is 213 cm³/mol. The lowest BCUT2D eigenvalue weighted by Gasteiger charge is -2.35. The Balaban J connectivity index is 1.36. The van der Waals surface area contributed by atoms with Gasteiger partial charge in [0.2, 0.25) is 15.9 Å². The molecule has 1 aliphatic rings. The number of aromatic nitrogens is 1. The smallest absolute Gasteiger partial charge is 0.321 e. The molecule has 0 saturated carbocycles. The van der Waals surface area contributed by atoms with Crippen molar-refractivity contribution < 1.29 is 28.3 Å². The first kappa shape index (κ1) is 41.1. The topological polar surface area (TPSA) is 156 Å². The zero-order valence-electron chi connectivity index (χ0n) is 31.9. The lowest BCUT2D eigenvalue weighted by atomic mass is 9.95. The monoisotopic (exact) mass is 768 g/mol. The number of carbonyl (C=O) groups is 2. The third-order valence-corrected chi connectivity index (χ3v) is 11.8. The third-order valence-electron chi connectivity index (χ3n) is 9.95. The first-order valence-electron chi connectivity index (χ1n) is 18.8. The van der Waals surface area contributed by atoms with Crippen LogP contribution in [0, 0.1) is 11.8 Å². The van der Waals surface area contributed by atoms with Crippen LogP contribution in [0.5, 0.6) is 0 Å². The predicted octanol–water partition coefficient (Wildman–Crippen LogP) is 5.64. The summed E-state index contributed by atoms with van der Waals surface area (Å²) in [6.45, 7) is 8.72. The minimum absolute atomic E-state index is 0.0245. The number of hydrogen-bond acceptors (Lipinski definition) is 8. The molecule has 12 nitrogen and oxygen atoms in total. The number of nitrogens with one attached hydrogen (secondary N) is 1. The van der Waals surface area contributed by atoms with Gasteiger partial charge in [0.15, 0.2) is 0 Å². The summed E-state index contributed by atoms with van der Waals surface area (Å²) in [5.74, 6) is -0.676. The highest BCUT2D eigenvalue weighted by molar-refractivity contribution is 7.89. The molecule has 1 aromatic heterocycles. The maximum Gasteiger partial charge on any atom is 0.321 e. The summed E-state index contributed by atoms with van der Waals surface area (Å²) in [4.78, 5) is 36.3. The summed E-state index contributed by atoms with van der Waals surface area (Å²) in [5.41, 5.74) is 4.11. The van der Waals surface area contributed by atoms with Crippen LogP contribution in [-0.4, -0.2) is 100 Å². The van der Waals surface area contributed by atoms with Crippen LogP contribution in [0.3, 0.4) is 0 Å². The molecule has 4 atom stereocenters. The van der Waals surface area contributed by atoms with Crippen LogP contribution >= 0.6 is 0 Å². The lowest BCUT2D eigenvalue weighted by Crippen LogP contribution is -2.57. The summed E-state index contributed by atoms with van der Waals surface area (Å²) in [6, 6.07) is 27.0. The van der Waals surface area contributed by atoms with E-state index < -0.39 is 34.1 Å². The van der Waals surface area contributed by atoms with Crippen molar-refractivity contribution >= 4 is 28.2 Å². The molecule has 2 heterocycles. The molecular weight excluding hydrogens is 717 g/mol. The van der Waals surface area contributed by atoms with E-state index >= 15 is 0 Å². The molecule has 5 rings (SSSR count). The highest BCUT2D eigenvalue weighted by Crippen LogP contribution is 2.25. The van der Waals surface area contributed by atoms with Gasteiger partial charge in [0, 0.05) is 44.5 Å². The van der Waals surface area contributed by atoms with Crippen LogP contribution in [0.2, 0.25) is 0 Å². The van der Waals surface area contributed by atoms with E-state index in [1.54, 1.807) is 16.0 Å². The molecule has 3 amide bonds. The van der Waals surface area contributed by atoms with Gasteiger partial charge >= 0.3 is 6.03 Å². The van der Waals surface area contributed by atoms with Gasteiger partial charge in [-0.05, 0) is 65.3 Å². The van der Waals surface area contributed by atoms with Crippen molar-refractivity contribution in [3.05, 3.63) is 120 Å². The standard InChI is InChI=1S/C42H52N6O6S/c1-5-31(4)40(48-23-22-46(42(48)51)28-34-14-11-15-35(24-34)37-16-9-10-21-43-37)41(50)45-38(25-32-12-7-6-8-13-32)39(49)29-47(27-30(2)3)55(53,54)36-19-17-33(18-20-36)26-44-52/h6-21,24,26,30-31,38-40,49,52H,5,22-23,25,27-29H2,1-4H3,(H,45,50)/b44-26+/t31-,38-,39+,40-/m0/s1. The number of aliphatic hydroxyl groups is 1. The second kappa shape index (κ2) is 19.0. The number of oxime groups is 1. The Morgan fingerprint density at radius 3 is 2.31 bits per heavy atom. The van der Waals surface area contributed by atoms with E-state index in [0.717, 1.165) is 22.4 Å². The summed E-state index contributed by atoms with van der Waals surface area (Å²) < 4.78 is 29.2. The molecule has 4 aromatic rings. The van der Waals surface area contributed by atoms with E-state index in [-0.39, 0.29) is 42.3 Å². The van der Waals surface area contributed by atoms with Gasteiger partial charge in [-0.15, -0.1) is 0 Å². The SMILES string of the molecule is CC[C@H](C)[C@@H](C(=O)N[C@@H](Cc1ccccc1)[C@H](O)CN(CC(C)C)S(=O)(=O)c1ccc(/C=N/O)cc1)N1CCN(Cc2cccc(-c3ccccn3)c2)C1=O. The van der Waals surface area contributed by atoms with Gasteiger partial charge < -0.3 is 25.4 Å². The van der Waals surface area contributed by atoms with Gasteiger partial charge in [0.25, 0.3) is 0 Å². The number of rotatable bonds is 18. The average Bonchev–Trinajstić information content (AvgIpc) is 3.53. The summed E-state index contributed by atoms with van der Waals surface area (Å²) in [5, 5.41) is 26.8. The van der Waals surface area contributed by atoms with Crippen LogP contribution in [0.15, 0.2) is 113 Å². The number of carbonyl (C=O) groups excluding carboxylic acids is 2. The second-order valence-corrected chi connectivity index (χ2v) is 16.5. The molecule has 1 fully saturated rings. The van der Waals surface area contributed by atoms with Crippen molar-refractivity contribution in [2.75, 3.05) is 26.2 Å². The minimum atomic E-state index is -4.07. The number of urea groups is 1. The fraction of sp³-hybridized carbons (Fsp3) is 0.381. The number of pyridine rings is 1. The van der Waals surface area contributed by atoms with Crippen LogP contribution in [-0.2, 0) is 27.8 Å². The molecule has 1 aliphatic heterocycles. The molecule has 1 saturated heterocycles. The molecule has 0 unspecified atom stereocenters. The average molecular weight is 769 g/mol. The Labute approximate surface area is 324 Å². The molecule has 0 bridgehead atoms. The summed E-state index contributed by atoms with van der Waals surface area (Å²) >= 11 is 0. The Bertz CT molecular complexity index is 2000. The normalized spacial score (nSPS) is 15.8.